The molecule has 1 nitrogen and oxygen atoms in total. The molecule has 0 aliphatic rings. The molecule has 0 aliphatic carbocycles. The maximum atomic E-state index is 5.10. The number of nitrogens with zero attached hydrogens (tertiary/aromatic N) is 1. The lowest BCUT2D eigenvalue weighted by Crippen LogP contribution is -2.08. The van der Waals surface area contributed by atoms with E-state index in [0.717, 1.165) is 0 Å². The molecule has 0 rings (SSSR count). The van der Waals surface area contributed by atoms with E-state index >= 15 is 0 Å². The second-order valence-electron chi connectivity index (χ2n) is 1.26. The Morgan fingerprint density at radius 1 is 1.60 bits per heavy atom. The Bertz CT molecular complexity index is 17.6. The van der Waals surface area contributed by atoms with Crippen LogP contribution in [0.15, 0.2) is 0 Å². The van der Waals surface area contributed by atoms with Gasteiger partial charge in [0.1, 0.15) is 0 Å². The average molecular weight is 71.1 g/mol. The molecule has 0 saturated carbocycles. The summed E-state index contributed by atoms with van der Waals surface area (Å²) < 4.78 is 0. The van der Waals surface area contributed by atoms with E-state index in [4.69, 9.17) is 6.92 Å². The van der Waals surface area contributed by atoms with Crippen molar-refractivity contribution < 1.29 is 0 Å². The van der Waals surface area contributed by atoms with E-state index in [9.17, 15) is 0 Å². The molecular weight excluding hydrogens is 62.1 g/mol. The van der Waals surface area contributed by atoms with Crippen LogP contribution < -0.4 is 0 Å². The fraction of sp³-hybridized carbons (Fsp3) is 0.750. The van der Waals surface area contributed by atoms with Gasteiger partial charge in [0.2, 0.25) is 0 Å². The summed E-state index contributed by atoms with van der Waals surface area (Å²) in [6.45, 7) is 5.74. The second kappa shape index (κ2) is 2.21. The Morgan fingerprint density at radius 3 is 1.80 bits per heavy atom. The third kappa shape index (κ3) is 3.96. The first-order valence-corrected chi connectivity index (χ1v) is 1.62. The largest absolute Gasteiger partial charge is 0.309 e. The van der Waals surface area contributed by atoms with Gasteiger partial charge in [-0.25, -0.2) is 0 Å². The van der Waals surface area contributed by atoms with Crippen molar-refractivity contribution in [1.82, 2.24) is 4.90 Å². The lowest BCUT2D eigenvalue weighted by molar-refractivity contribution is 0.455. The van der Waals surface area contributed by atoms with Crippen LogP contribution in [0, 0.1) is 6.92 Å². The molecule has 0 aromatic rings. The molecule has 0 N–H and O–H groups in total. The average Bonchev–Trinajstić information content (AvgIpc) is 1.38. The van der Waals surface area contributed by atoms with Crippen LogP contribution >= 0.6 is 0 Å². The highest BCUT2D eigenvalue weighted by atomic mass is 15.0. The van der Waals surface area contributed by atoms with E-state index in [2.05, 4.69) is 0 Å². The van der Waals surface area contributed by atoms with E-state index in [1.54, 1.807) is 0 Å². The smallest absolute Gasteiger partial charge is 0.00100 e. The molecular formula is C4H9N. The SMILES string of the molecule is [CH]CN(C)C. The van der Waals surface area contributed by atoms with Crippen LogP contribution in [0.25, 0.3) is 0 Å². The molecule has 0 bridgehead atoms. The maximum Gasteiger partial charge on any atom is 0.00100 e. The van der Waals surface area contributed by atoms with Crippen LogP contribution in [-0.2, 0) is 0 Å². The third-order valence-electron chi connectivity index (χ3n) is 0.365. The Labute approximate surface area is 33.6 Å². The van der Waals surface area contributed by atoms with Gasteiger partial charge in [0, 0.05) is 6.54 Å². The van der Waals surface area contributed by atoms with Gasteiger partial charge in [-0.15, -0.1) is 0 Å². The van der Waals surface area contributed by atoms with Crippen molar-refractivity contribution in [3.05, 3.63) is 6.92 Å². The summed E-state index contributed by atoms with van der Waals surface area (Å²) in [4.78, 5) is 1.90. The van der Waals surface area contributed by atoms with E-state index < -0.39 is 0 Å². The van der Waals surface area contributed by atoms with Crippen molar-refractivity contribution in [2.24, 2.45) is 0 Å². The standard InChI is InChI=1S/C4H9N/c1-4-5(2)3/h1H,4H2,2-3H3. The normalized spacial score (nSPS) is 9.60. The first-order valence-electron chi connectivity index (χ1n) is 1.62. The predicted octanol–water partition coefficient (Wildman–Crippen LogP) is 0.259. The van der Waals surface area contributed by atoms with Gasteiger partial charge in [-0.05, 0) is 21.0 Å². The van der Waals surface area contributed by atoms with E-state index in [-0.39, 0.29) is 0 Å². The lowest BCUT2D eigenvalue weighted by Gasteiger charge is -1.99. The van der Waals surface area contributed by atoms with Gasteiger partial charge in [-0.2, -0.15) is 0 Å². The number of rotatable bonds is 1. The molecule has 0 amide bonds. The quantitative estimate of drug-likeness (QED) is 0.428. The first kappa shape index (κ1) is 4.96. The summed E-state index contributed by atoms with van der Waals surface area (Å²) in [5, 5.41) is 0. The van der Waals surface area contributed by atoms with Crippen molar-refractivity contribution in [3.63, 3.8) is 0 Å². The molecule has 2 radical (unpaired) electrons. The topological polar surface area (TPSA) is 3.24 Å². The van der Waals surface area contributed by atoms with Gasteiger partial charge in [-0.1, -0.05) is 0 Å². The molecule has 5 heavy (non-hydrogen) atoms. The zero-order valence-corrected chi connectivity index (χ0v) is 3.73. The second-order valence-corrected chi connectivity index (χ2v) is 1.26. The van der Waals surface area contributed by atoms with Gasteiger partial charge < -0.3 is 4.90 Å². The van der Waals surface area contributed by atoms with Crippen LogP contribution in [-0.4, -0.2) is 25.5 Å². The van der Waals surface area contributed by atoms with Crippen molar-refractivity contribution in [3.8, 4) is 0 Å². The van der Waals surface area contributed by atoms with Gasteiger partial charge in [0.25, 0.3) is 0 Å². The highest BCUT2D eigenvalue weighted by molar-refractivity contribution is 4.39. The van der Waals surface area contributed by atoms with Crippen LogP contribution in [0.1, 0.15) is 0 Å². The first-order chi connectivity index (χ1) is 2.27. The maximum absolute atomic E-state index is 5.10. The van der Waals surface area contributed by atoms with E-state index in [1.165, 1.54) is 0 Å². The molecule has 0 fully saturated rings. The van der Waals surface area contributed by atoms with Gasteiger partial charge >= 0.3 is 0 Å². The third-order valence-corrected chi connectivity index (χ3v) is 0.365. The number of hydrogen-bond acceptors (Lipinski definition) is 1. The molecule has 0 spiro atoms. The van der Waals surface area contributed by atoms with Gasteiger partial charge in [0.15, 0.2) is 0 Å². The minimum Gasteiger partial charge on any atom is -0.309 e. The monoisotopic (exact) mass is 71.1 g/mol. The van der Waals surface area contributed by atoms with Crippen molar-refractivity contribution >= 4 is 0 Å². The molecule has 0 aliphatic heterocycles. The Balaban J connectivity index is 2.54. The highest BCUT2D eigenvalue weighted by Gasteiger charge is 1.72. The molecule has 0 aromatic carbocycles. The van der Waals surface area contributed by atoms with Crippen LogP contribution in [0.4, 0.5) is 0 Å². The fourth-order valence-corrected chi connectivity index (χ4v) is 0. The molecule has 1 heteroatoms. The van der Waals surface area contributed by atoms with Crippen molar-refractivity contribution in [1.29, 1.82) is 0 Å². The summed E-state index contributed by atoms with van der Waals surface area (Å²) in [6, 6.07) is 0. The summed E-state index contributed by atoms with van der Waals surface area (Å²) in [7, 11) is 3.86. The molecule has 0 atom stereocenters. The fourth-order valence-electron chi connectivity index (χ4n) is 0. The zero-order chi connectivity index (χ0) is 4.28. The predicted molar refractivity (Wildman–Crippen MR) is 22.9 cm³/mol. The summed E-state index contributed by atoms with van der Waals surface area (Å²) >= 11 is 0. The van der Waals surface area contributed by atoms with Crippen molar-refractivity contribution in [2.45, 2.75) is 0 Å². The molecule has 0 heterocycles. The molecule has 0 aromatic heterocycles. The number of hydrogen-bond donors (Lipinski definition) is 0. The Hall–Kier alpha value is -0.0400. The summed E-state index contributed by atoms with van der Waals surface area (Å²) in [5.41, 5.74) is 0. The molecule has 0 saturated heterocycles. The van der Waals surface area contributed by atoms with E-state index in [0.29, 0.717) is 6.54 Å². The summed E-state index contributed by atoms with van der Waals surface area (Å²) in [6.07, 6.45) is 0. The molecule has 0 unspecified atom stereocenters. The summed E-state index contributed by atoms with van der Waals surface area (Å²) in [5.74, 6) is 0. The Kier molecular flexibility index (Phi) is 2.19. The molecule has 30 valence electrons. The van der Waals surface area contributed by atoms with Gasteiger partial charge in [-0.3, -0.25) is 0 Å². The lowest BCUT2D eigenvalue weighted by atomic mass is 10.7. The Morgan fingerprint density at radius 2 is 1.80 bits per heavy atom. The van der Waals surface area contributed by atoms with Crippen LogP contribution in [0.5, 0.6) is 0 Å². The van der Waals surface area contributed by atoms with Crippen LogP contribution in [0.2, 0.25) is 0 Å². The minimum atomic E-state index is 0.639. The van der Waals surface area contributed by atoms with Gasteiger partial charge in [0.05, 0.1) is 0 Å². The zero-order valence-electron chi connectivity index (χ0n) is 3.73. The van der Waals surface area contributed by atoms with Crippen molar-refractivity contribution in [2.75, 3.05) is 20.6 Å². The minimum absolute atomic E-state index is 0.639. The van der Waals surface area contributed by atoms with Crippen LogP contribution in [0.3, 0.4) is 0 Å². The van der Waals surface area contributed by atoms with E-state index in [1.807, 2.05) is 19.0 Å². The highest BCUT2D eigenvalue weighted by Crippen LogP contribution is 1.63.